The molecule has 0 spiro atoms. The molecule has 2 atom stereocenters. The van der Waals surface area contributed by atoms with E-state index in [1.54, 1.807) is 24.3 Å². The van der Waals surface area contributed by atoms with Gasteiger partial charge in [0.1, 0.15) is 18.5 Å². The Bertz CT molecular complexity index is 491. The summed E-state index contributed by atoms with van der Waals surface area (Å²) in [6.07, 6.45) is 1.52. The van der Waals surface area contributed by atoms with Gasteiger partial charge in [-0.25, -0.2) is 0 Å². The monoisotopic (exact) mass is 307 g/mol. The average Bonchev–Trinajstić information content (AvgIpc) is 2.53. The van der Waals surface area contributed by atoms with E-state index in [1.165, 1.54) is 6.92 Å². The van der Waals surface area contributed by atoms with Crippen LogP contribution in [0.4, 0.5) is 0 Å². The zero-order chi connectivity index (χ0) is 15.9. The number of likely N-dealkylation sites (tertiary alicyclic amines) is 1. The van der Waals surface area contributed by atoms with Crippen LogP contribution in [-0.2, 0) is 0 Å². The molecule has 122 valence electrons. The second-order valence-corrected chi connectivity index (χ2v) is 6.00. The molecular weight excluding hydrogens is 282 g/mol. The van der Waals surface area contributed by atoms with Crippen molar-refractivity contribution in [3.63, 3.8) is 0 Å². The minimum absolute atomic E-state index is 0.00522. The van der Waals surface area contributed by atoms with E-state index in [0.29, 0.717) is 23.8 Å². The summed E-state index contributed by atoms with van der Waals surface area (Å²) < 4.78 is 5.58. The maximum atomic E-state index is 11.3. The van der Waals surface area contributed by atoms with Gasteiger partial charge in [-0.3, -0.25) is 4.79 Å². The van der Waals surface area contributed by atoms with E-state index in [2.05, 4.69) is 4.90 Å². The van der Waals surface area contributed by atoms with Crippen LogP contribution in [0.15, 0.2) is 24.3 Å². The highest BCUT2D eigenvalue weighted by molar-refractivity contribution is 5.94. The summed E-state index contributed by atoms with van der Waals surface area (Å²) >= 11 is 0. The van der Waals surface area contributed by atoms with E-state index in [1.807, 2.05) is 0 Å². The van der Waals surface area contributed by atoms with E-state index >= 15 is 0 Å². The van der Waals surface area contributed by atoms with Crippen molar-refractivity contribution in [2.24, 2.45) is 5.92 Å². The second-order valence-electron chi connectivity index (χ2n) is 6.00. The lowest BCUT2D eigenvalue weighted by Crippen LogP contribution is -2.42. The summed E-state index contributed by atoms with van der Waals surface area (Å²) in [4.78, 5) is 13.5. The van der Waals surface area contributed by atoms with E-state index in [4.69, 9.17) is 4.74 Å². The largest absolute Gasteiger partial charge is 0.491 e. The van der Waals surface area contributed by atoms with Crippen LogP contribution in [0.1, 0.15) is 30.1 Å². The first-order chi connectivity index (χ1) is 10.6. The van der Waals surface area contributed by atoms with Gasteiger partial charge in [0.2, 0.25) is 0 Å². The Kier molecular flexibility index (Phi) is 6.36. The van der Waals surface area contributed by atoms with Crippen LogP contribution in [0.5, 0.6) is 5.75 Å². The van der Waals surface area contributed by atoms with Gasteiger partial charge in [0.25, 0.3) is 0 Å². The Morgan fingerprint density at radius 2 is 2.32 bits per heavy atom. The van der Waals surface area contributed by atoms with E-state index < -0.39 is 6.10 Å². The fourth-order valence-corrected chi connectivity index (χ4v) is 2.81. The molecule has 22 heavy (non-hydrogen) atoms. The zero-order valence-electron chi connectivity index (χ0n) is 13.1. The Hall–Kier alpha value is -1.43. The number of carbonyl (C=O) groups is 1. The van der Waals surface area contributed by atoms with Crippen LogP contribution >= 0.6 is 0 Å². The molecule has 0 amide bonds. The van der Waals surface area contributed by atoms with Gasteiger partial charge in [-0.15, -0.1) is 0 Å². The van der Waals surface area contributed by atoms with Crippen LogP contribution in [0.3, 0.4) is 0 Å². The Morgan fingerprint density at radius 1 is 1.50 bits per heavy atom. The topological polar surface area (TPSA) is 70.0 Å². The van der Waals surface area contributed by atoms with Crippen molar-refractivity contribution in [3.8, 4) is 5.75 Å². The summed E-state index contributed by atoms with van der Waals surface area (Å²) in [6, 6.07) is 6.99. The highest BCUT2D eigenvalue weighted by atomic mass is 16.5. The molecule has 1 aliphatic rings. The van der Waals surface area contributed by atoms with Crippen LogP contribution in [0, 0.1) is 5.92 Å². The number of hydrogen-bond donors (Lipinski definition) is 2. The minimum Gasteiger partial charge on any atom is -0.491 e. The minimum atomic E-state index is -0.585. The Balaban J connectivity index is 1.78. The number of aliphatic hydroxyl groups excluding tert-OH is 2. The number of nitrogens with zero attached hydrogens (tertiary/aromatic N) is 1. The number of carbonyl (C=O) groups excluding carboxylic acids is 1. The van der Waals surface area contributed by atoms with Crippen molar-refractivity contribution in [2.45, 2.75) is 25.9 Å². The standard InChI is InChI=1S/C17H25NO4/c1-13(20)15-5-2-6-17(8-15)22-12-16(21)10-18-7-3-4-14(9-18)11-19/h2,5-6,8,14,16,19,21H,3-4,7,9-12H2,1H3/t14-,16-/m0/s1. The molecule has 1 saturated heterocycles. The molecule has 1 fully saturated rings. The van der Waals surface area contributed by atoms with Gasteiger partial charge in [-0.2, -0.15) is 0 Å². The third-order valence-electron chi connectivity index (χ3n) is 4.01. The summed E-state index contributed by atoms with van der Waals surface area (Å²) in [5.41, 5.74) is 0.605. The van der Waals surface area contributed by atoms with E-state index in [9.17, 15) is 15.0 Å². The van der Waals surface area contributed by atoms with Crippen molar-refractivity contribution in [1.82, 2.24) is 4.90 Å². The van der Waals surface area contributed by atoms with Crippen LogP contribution in [0.25, 0.3) is 0 Å². The molecule has 0 radical (unpaired) electrons. The van der Waals surface area contributed by atoms with E-state index in [-0.39, 0.29) is 19.0 Å². The third kappa shape index (κ3) is 5.09. The smallest absolute Gasteiger partial charge is 0.159 e. The third-order valence-corrected chi connectivity index (χ3v) is 4.01. The number of ketones is 1. The summed E-state index contributed by atoms with van der Waals surface area (Å²) in [7, 11) is 0. The molecular formula is C17H25NO4. The first-order valence-corrected chi connectivity index (χ1v) is 7.83. The van der Waals surface area contributed by atoms with Crippen LogP contribution in [0.2, 0.25) is 0 Å². The quantitative estimate of drug-likeness (QED) is 0.744. The lowest BCUT2D eigenvalue weighted by Gasteiger charge is -2.33. The molecule has 5 heteroatoms. The number of piperidine rings is 1. The second kappa shape index (κ2) is 8.27. The number of aliphatic hydroxyl groups is 2. The fourth-order valence-electron chi connectivity index (χ4n) is 2.81. The summed E-state index contributed by atoms with van der Waals surface area (Å²) in [5, 5.41) is 19.3. The van der Waals surface area contributed by atoms with Gasteiger partial charge in [-0.05, 0) is 44.4 Å². The molecule has 2 rings (SSSR count). The Morgan fingerprint density at radius 3 is 3.05 bits per heavy atom. The van der Waals surface area contributed by atoms with Gasteiger partial charge < -0.3 is 19.8 Å². The van der Waals surface area contributed by atoms with Crippen LogP contribution < -0.4 is 4.74 Å². The highest BCUT2D eigenvalue weighted by Gasteiger charge is 2.21. The number of Topliss-reactive ketones (excluding diaryl/α,β-unsaturated/α-hetero) is 1. The lowest BCUT2D eigenvalue weighted by atomic mass is 9.99. The molecule has 5 nitrogen and oxygen atoms in total. The van der Waals surface area contributed by atoms with Crippen molar-refractivity contribution in [1.29, 1.82) is 0 Å². The summed E-state index contributed by atoms with van der Waals surface area (Å²) in [6.45, 7) is 4.24. The molecule has 1 heterocycles. The molecule has 0 bridgehead atoms. The molecule has 1 aliphatic heterocycles. The predicted molar refractivity (Wildman–Crippen MR) is 84.2 cm³/mol. The number of hydrogen-bond acceptors (Lipinski definition) is 5. The first kappa shape index (κ1) is 16.9. The van der Waals surface area contributed by atoms with Gasteiger partial charge in [0.05, 0.1) is 0 Å². The number of rotatable bonds is 7. The van der Waals surface area contributed by atoms with Crippen LogP contribution in [-0.4, -0.2) is 59.8 Å². The molecule has 0 unspecified atom stereocenters. The maximum absolute atomic E-state index is 11.3. The number of benzene rings is 1. The van der Waals surface area contributed by atoms with Crippen molar-refractivity contribution >= 4 is 5.78 Å². The lowest BCUT2D eigenvalue weighted by molar-refractivity contribution is 0.0431. The molecule has 1 aromatic rings. The SMILES string of the molecule is CC(=O)c1cccc(OC[C@@H](O)CN2CCC[C@H](CO)C2)c1. The number of β-amino-alcohol motifs (C(OH)–C–C–N with tert-alkyl or cyclic N) is 1. The maximum Gasteiger partial charge on any atom is 0.159 e. The average molecular weight is 307 g/mol. The number of ether oxygens (including phenoxy) is 1. The normalized spacial score (nSPS) is 20.6. The van der Waals surface area contributed by atoms with E-state index in [0.717, 1.165) is 25.9 Å². The molecule has 2 N–H and O–H groups in total. The van der Waals surface area contributed by atoms with Crippen molar-refractivity contribution in [3.05, 3.63) is 29.8 Å². The van der Waals surface area contributed by atoms with Gasteiger partial charge in [0.15, 0.2) is 5.78 Å². The van der Waals surface area contributed by atoms with Gasteiger partial charge in [-0.1, -0.05) is 12.1 Å². The first-order valence-electron chi connectivity index (χ1n) is 7.83. The molecule has 0 aromatic heterocycles. The van der Waals surface area contributed by atoms with Crippen molar-refractivity contribution in [2.75, 3.05) is 32.8 Å². The Labute approximate surface area is 131 Å². The molecule has 0 aliphatic carbocycles. The molecule has 1 aromatic carbocycles. The van der Waals surface area contributed by atoms with Gasteiger partial charge >= 0.3 is 0 Å². The highest BCUT2D eigenvalue weighted by Crippen LogP contribution is 2.17. The van der Waals surface area contributed by atoms with Gasteiger partial charge in [0, 0.05) is 25.3 Å². The fraction of sp³-hybridized carbons (Fsp3) is 0.588. The summed E-state index contributed by atoms with van der Waals surface area (Å²) in [5.74, 6) is 0.905. The molecule has 0 saturated carbocycles. The van der Waals surface area contributed by atoms with Crippen molar-refractivity contribution < 1.29 is 19.7 Å². The zero-order valence-corrected chi connectivity index (χ0v) is 13.1. The predicted octanol–water partition coefficient (Wildman–Crippen LogP) is 1.33.